The lowest BCUT2D eigenvalue weighted by Gasteiger charge is -2.05. The van der Waals surface area contributed by atoms with Gasteiger partial charge in [-0.05, 0) is 24.6 Å². The number of unbranched alkanes of at least 4 members (excludes halogenated alkanes) is 1. The Morgan fingerprint density at radius 3 is 2.61 bits per heavy atom. The SMILES string of the molecule is C#CCCCS(=O)(=O)c1ccc(C(=O)O)cc1F. The number of terminal acetylenes is 1. The van der Waals surface area contributed by atoms with Gasteiger partial charge in [0.2, 0.25) is 0 Å². The summed E-state index contributed by atoms with van der Waals surface area (Å²) in [5.74, 6) is -0.343. The molecule has 0 radical (unpaired) electrons. The van der Waals surface area contributed by atoms with Crippen molar-refractivity contribution in [2.75, 3.05) is 5.75 Å². The van der Waals surface area contributed by atoms with Gasteiger partial charge in [-0.1, -0.05) is 0 Å². The second-order valence-electron chi connectivity index (χ2n) is 3.58. The van der Waals surface area contributed by atoms with E-state index in [0.29, 0.717) is 6.07 Å². The number of sulfone groups is 1. The molecule has 0 saturated heterocycles. The van der Waals surface area contributed by atoms with Gasteiger partial charge in [-0.2, -0.15) is 0 Å². The smallest absolute Gasteiger partial charge is 0.335 e. The molecule has 1 aromatic carbocycles. The molecule has 18 heavy (non-hydrogen) atoms. The normalized spacial score (nSPS) is 10.9. The largest absolute Gasteiger partial charge is 0.478 e. The van der Waals surface area contributed by atoms with Gasteiger partial charge in [0.05, 0.1) is 11.3 Å². The summed E-state index contributed by atoms with van der Waals surface area (Å²) in [7, 11) is -3.77. The summed E-state index contributed by atoms with van der Waals surface area (Å²) in [4.78, 5) is 10.1. The monoisotopic (exact) mass is 270 g/mol. The van der Waals surface area contributed by atoms with Gasteiger partial charge in [0, 0.05) is 6.42 Å². The Kier molecular flexibility index (Phi) is 4.45. The highest BCUT2D eigenvalue weighted by Gasteiger charge is 2.20. The summed E-state index contributed by atoms with van der Waals surface area (Å²) in [5, 5.41) is 8.64. The summed E-state index contributed by atoms with van der Waals surface area (Å²) in [6.45, 7) is 0. The number of rotatable bonds is 5. The fourth-order valence-corrected chi connectivity index (χ4v) is 2.74. The Labute approximate surface area is 104 Å². The molecule has 0 unspecified atom stereocenters. The zero-order valence-corrected chi connectivity index (χ0v) is 10.2. The van der Waals surface area contributed by atoms with Crippen LogP contribution in [0.1, 0.15) is 23.2 Å². The molecule has 0 aliphatic carbocycles. The number of carboxylic acid groups (broad SMARTS) is 1. The number of aromatic carboxylic acids is 1. The molecule has 0 bridgehead atoms. The van der Waals surface area contributed by atoms with Crippen molar-refractivity contribution in [1.82, 2.24) is 0 Å². The first-order valence-electron chi connectivity index (χ1n) is 5.07. The van der Waals surface area contributed by atoms with E-state index in [0.717, 1.165) is 12.1 Å². The van der Waals surface area contributed by atoms with E-state index >= 15 is 0 Å². The summed E-state index contributed by atoms with van der Waals surface area (Å²) >= 11 is 0. The molecule has 1 rings (SSSR count). The Morgan fingerprint density at radius 1 is 1.44 bits per heavy atom. The zero-order chi connectivity index (χ0) is 13.8. The molecule has 1 N–H and O–H groups in total. The average Bonchev–Trinajstić information content (AvgIpc) is 2.28. The molecule has 0 aliphatic rings. The molecule has 4 nitrogen and oxygen atoms in total. The predicted octanol–water partition coefficient (Wildman–Crippen LogP) is 1.71. The summed E-state index contributed by atoms with van der Waals surface area (Å²) in [6.07, 6.45) is 5.52. The molecule has 0 spiro atoms. The van der Waals surface area contributed by atoms with Crippen LogP contribution in [0.5, 0.6) is 0 Å². The number of halogens is 1. The maximum absolute atomic E-state index is 13.5. The molecule has 0 aliphatic heterocycles. The minimum atomic E-state index is -3.77. The van der Waals surface area contributed by atoms with Crippen LogP contribution in [0.25, 0.3) is 0 Å². The number of hydrogen-bond acceptors (Lipinski definition) is 3. The average molecular weight is 270 g/mol. The lowest BCUT2D eigenvalue weighted by Crippen LogP contribution is -2.10. The molecule has 0 amide bonds. The standard InChI is InChI=1S/C12H11FO4S/c1-2-3-4-7-18(16,17)11-6-5-9(12(14)15)8-10(11)13/h1,5-6,8H,3-4,7H2,(H,14,15). The van der Waals surface area contributed by atoms with Crippen molar-refractivity contribution in [1.29, 1.82) is 0 Å². The highest BCUT2D eigenvalue weighted by atomic mass is 32.2. The minimum absolute atomic E-state index is 0.235. The van der Waals surface area contributed by atoms with Crippen LogP contribution in [-0.2, 0) is 9.84 Å². The number of hydrogen-bond donors (Lipinski definition) is 1. The maximum Gasteiger partial charge on any atom is 0.335 e. The van der Waals surface area contributed by atoms with E-state index in [1.807, 2.05) is 0 Å². The second-order valence-corrected chi connectivity index (χ2v) is 5.65. The molecule has 96 valence electrons. The van der Waals surface area contributed by atoms with E-state index in [-0.39, 0.29) is 24.2 Å². The van der Waals surface area contributed by atoms with Crippen molar-refractivity contribution in [3.05, 3.63) is 29.6 Å². The van der Waals surface area contributed by atoms with Gasteiger partial charge in [0.15, 0.2) is 9.84 Å². The van der Waals surface area contributed by atoms with Crippen LogP contribution in [0.4, 0.5) is 4.39 Å². The van der Waals surface area contributed by atoms with E-state index < -0.39 is 26.5 Å². The van der Waals surface area contributed by atoms with E-state index in [1.165, 1.54) is 0 Å². The van der Waals surface area contributed by atoms with Crippen molar-refractivity contribution in [3.8, 4) is 12.3 Å². The molecule has 0 aromatic heterocycles. The molecule has 0 fully saturated rings. The van der Waals surface area contributed by atoms with Crippen LogP contribution in [0.2, 0.25) is 0 Å². The van der Waals surface area contributed by atoms with Crippen LogP contribution >= 0.6 is 0 Å². The molecular formula is C12H11FO4S. The predicted molar refractivity (Wildman–Crippen MR) is 63.5 cm³/mol. The first kappa shape index (κ1) is 14.2. The second kappa shape index (κ2) is 5.65. The van der Waals surface area contributed by atoms with Gasteiger partial charge in [0.25, 0.3) is 0 Å². The Hall–Kier alpha value is -1.87. The fraction of sp³-hybridized carbons (Fsp3) is 0.250. The van der Waals surface area contributed by atoms with E-state index in [4.69, 9.17) is 11.5 Å². The first-order valence-corrected chi connectivity index (χ1v) is 6.73. The molecule has 1 aromatic rings. The van der Waals surface area contributed by atoms with Crippen molar-refractivity contribution in [2.24, 2.45) is 0 Å². The van der Waals surface area contributed by atoms with Crippen LogP contribution in [0.3, 0.4) is 0 Å². The van der Waals surface area contributed by atoms with Gasteiger partial charge in [-0.3, -0.25) is 0 Å². The Balaban J connectivity index is 3.03. The number of carboxylic acids is 1. The van der Waals surface area contributed by atoms with E-state index in [2.05, 4.69) is 5.92 Å². The molecule has 6 heteroatoms. The van der Waals surface area contributed by atoms with Crippen molar-refractivity contribution >= 4 is 15.8 Å². The number of carbonyl (C=O) groups is 1. The van der Waals surface area contributed by atoms with Crippen molar-refractivity contribution < 1.29 is 22.7 Å². The summed E-state index contributed by atoms with van der Waals surface area (Å²) in [6, 6.07) is 2.71. The van der Waals surface area contributed by atoms with Crippen LogP contribution < -0.4 is 0 Å². The van der Waals surface area contributed by atoms with Crippen LogP contribution in [-0.4, -0.2) is 25.2 Å². The Bertz CT molecular complexity index is 599. The topological polar surface area (TPSA) is 71.4 Å². The maximum atomic E-state index is 13.5. The Morgan fingerprint density at radius 2 is 2.11 bits per heavy atom. The van der Waals surface area contributed by atoms with Gasteiger partial charge >= 0.3 is 5.97 Å². The lowest BCUT2D eigenvalue weighted by atomic mass is 10.2. The molecule has 0 saturated carbocycles. The summed E-state index contributed by atoms with van der Waals surface area (Å²) in [5.41, 5.74) is -0.296. The zero-order valence-electron chi connectivity index (χ0n) is 9.39. The quantitative estimate of drug-likeness (QED) is 0.653. The van der Waals surface area contributed by atoms with Gasteiger partial charge in [-0.25, -0.2) is 17.6 Å². The van der Waals surface area contributed by atoms with Gasteiger partial charge in [-0.15, -0.1) is 12.3 Å². The fourth-order valence-electron chi connectivity index (χ4n) is 1.36. The highest BCUT2D eigenvalue weighted by molar-refractivity contribution is 7.91. The van der Waals surface area contributed by atoms with Crippen molar-refractivity contribution in [2.45, 2.75) is 17.7 Å². The third-order valence-corrected chi connectivity index (χ3v) is 4.08. The number of benzene rings is 1. The molecular weight excluding hydrogens is 259 g/mol. The van der Waals surface area contributed by atoms with Gasteiger partial charge in [0.1, 0.15) is 10.7 Å². The van der Waals surface area contributed by atoms with Crippen LogP contribution in [0, 0.1) is 18.2 Å². The third-order valence-electron chi connectivity index (χ3n) is 2.25. The first-order chi connectivity index (χ1) is 8.38. The molecule has 0 heterocycles. The third kappa shape index (κ3) is 3.31. The molecule has 0 atom stereocenters. The minimum Gasteiger partial charge on any atom is -0.478 e. The van der Waals surface area contributed by atoms with E-state index in [9.17, 15) is 17.6 Å². The highest BCUT2D eigenvalue weighted by Crippen LogP contribution is 2.18. The van der Waals surface area contributed by atoms with Gasteiger partial charge < -0.3 is 5.11 Å². The van der Waals surface area contributed by atoms with E-state index in [1.54, 1.807) is 0 Å². The summed E-state index contributed by atoms with van der Waals surface area (Å²) < 4.78 is 37.0. The lowest BCUT2D eigenvalue weighted by molar-refractivity contribution is 0.0696. The van der Waals surface area contributed by atoms with Crippen LogP contribution in [0.15, 0.2) is 23.1 Å². The van der Waals surface area contributed by atoms with Crippen molar-refractivity contribution in [3.63, 3.8) is 0 Å².